The molecule has 1 heterocycles. The Hall–Kier alpha value is -0.730. The summed E-state index contributed by atoms with van der Waals surface area (Å²) in [6.07, 6.45) is 3.29. The van der Waals surface area contributed by atoms with E-state index >= 15 is 0 Å². The van der Waals surface area contributed by atoms with Gasteiger partial charge in [-0.2, -0.15) is 0 Å². The molecule has 90 valence electrons. The zero-order valence-electron chi connectivity index (χ0n) is 10.00. The third kappa shape index (κ3) is 2.58. The number of hydrogen-bond donors (Lipinski definition) is 0. The molecule has 0 saturated carbocycles. The van der Waals surface area contributed by atoms with Crippen molar-refractivity contribution in [1.29, 1.82) is 0 Å². The largest absolute Gasteiger partial charge is 0.299 e. The first-order valence-corrected chi connectivity index (χ1v) is 6.99. The second-order valence-electron chi connectivity index (χ2n) is 4.84. The van der Waals surface area contributed by atoms with Gasteiger partial charge >= 0.3 is 0 Å². The summed E-state index contributed by atoms with van der Waals surface area (Å²) in [4.78, 5) is 11.8. The monoisotopic (exact) mass is 266 g/mol. The van der Waals surface area contributed by atoms with E-state index in [0.29, 0.717) is 5.03 Å². The minimum Gasteiger partial charge on any atom is -0.299 e. The zero-order valence-corrected chi connectivity index (χ0v) is 11.6. The number of rotatable bonds is 2. The molecule has 0 atom stereocenters. The van der Waals surface area contributed by atoms with E-state index in [1.165, 1.54) is 23.0 Å². The molecule has 0 radical (unpaired) electrons. The maximum absolute atomic E-state index is 10.4. The van der Waals surface area contributed by atoms with Crippen molar-refractivity contribution < 1.29 is 4.79 Å². The molecule has 0 fully saturated rings. The van der Waals surface area contributed by atoms with Crippen LogP contribution in [-0.2, 0) is 10.2 Å². The predicted molar refractivity (Wildman–Crippen MR) is 74.7 cm³/mol. The lowest BCUT2D eigenvalue weighted by Crippen LogP contribution is -2.22. The van der Waals surface area contributed by atoms with Crippen LogP contribution in [0.3, 0.4) is 0 Å². The molecule has 1 aliphatic heterocycles. The molecule has 0 unspecified atom stereocenters. The van der Waals surface area contributed by atoms with Gasteiger partial charge in [0.1, 0.15) is 6.29 Å². The van der Waals surface area contributed by atoms with E-state index in [1.54, 1.807) is 0 Å². The summed E-state index contributed by atoms with van der Waals surface area (Å²) in [6, 6.07) is 6.21. The van der Waals surface area contributed by atoms with Gasteiger partial charge in [0, 0.05) is 4.90 Å². The Morgan fingerprint density at radius 3 is 2.94 bits per heavy atom. The fraction of sp³-hybridized carbons (Fsp3) is 0.357. The van der Waals surface area contributed by atoms with Crippen molar-refractivity contribution in [3.05, 3.63) is 35.4 Å². The molecule has 1 aliphatic rings. The van der Waals surface area contributed by atoms with Crippen molar-refractivity contribution in [3.63, 3.8) is 0 Å². The molecule has 0 saturated heterocycles. The van der Waals surface area contributed by atoms with Crippen LogP contribution in [0.1, 0.15) is 31.4 Å². The second kappa shape index (κ2) is 4.87. The van der Waals surface area contributed by atoms with Gasteiger partial charge in [0.15, 0.2) is 0 Å². The van der Waals surface area contributed by atoms with Gasteiger partial charge in [0.05, 0.1) is 5.03 Å². The van der Waals surface area contributed by atoms with Gasteiger partial charge in [-0.05, 0) is 46.9 Å². The van der Waals surface area contributed by atoms with Gasteiger partial charge in [0.2, 0.25) is 0 Å². The Bertz CT molecular complexity index is 477. The van der Waals surface area contributed by atoms with Crippen molar-refractivity contribution in [3.8, 4) is 0 Å². The molecule has 0 amide bonds. The highest BCUT2D eigenvalue weighted by atomic mass is 35.5. The van der Waals surface area contributed by atoms with Crippen LogP contribution in [-0.4, -0.2) is 12.0 Å². The van der Waals surface area contributed by atoms with Crippen molar-refractivity contribution in [2.24, 2.45) is 0 Å². The predicted octanol–water partition coefficient (Wildman–Crippen LogP) is 4.24. The van der Waals surface area contributed by atoms with Crippen LogP contribution in [0, 0.1) is 0 Å². The van der Waals surface area contributed by atoms with Crippen molar-refractivity contribution >= 4 is 34.7 Å². The summed E-state index contributed by atoms with van der Waals surface area (Å²) in [5, 5.41) is 0.508. The standard InChI is InChI=1S/C14H15ClOS/c1-14(2)6-8-17-13-4-3-10(9-11(13)14)12(15)5-7-16/h3-5,7,9H,6,8H2,1-2H3/b12-5+. The van der Waals surface area contributed by atoms with E-state index in [1.807, 2.05) is 17.8 Å². The van der Waals surface area contributed by atoms with E-state index in [9.17, 15) is 4.79 Å². The number of hydrogen-bond acceptors (Lipinski definition) is 2. The van der Waals surface area contributed by atoms with Gasteiger partial charge in [-0.3, -0.25) is 4.79 Å². The number of carbonyl (C=O) groups is 1. The Labute approximate surface area is 111 Å². The van der Waals surface area contributed by atoms with Crippen LogP contribution in [0.15, 0.2) is 29.2 Å². The normalized spacial score (nSPS) is 18.6. The Morgan fingerprint density at radius 2 is 2.24 bits per heavy atom. The van der Waals surface area contributed by atoms with Gasteiger partial charge < -0.3 is 0 Å². The highest BCUT2D eigenvalue weighted by molar-refractivity contribution is 7.99. The average molecular weight is 267 g/mol. The fourth-order valence-electron chi connectivity index (χ4n) is 2.04. The van der Waals surface area contributed by atoms with Crippen LogP contribution >= 0.6 is 23.4 Å². The molecule has 1 nitrogen and oxygen atoms in total. The van der Waals surface area contributed by atoms with E-state index in [-0.39, 0.29) is 5.41 Å². The Balaban J connectivity index is 2.48. The third-order valence-corrected chi connectivity index (χ3v) is 4.60. The average Bonchev–Trinajstić information content (AvgIpc) is 2.29. The molecule has 0 aromatic heterocycles. The lowest BCUT2D eigenvalue weighted by atomic mass is 9.81. The summed E-state index contributed by atoms with van der Waals surface area (Å²) >= 11 is 7.96. The highest BCUT2D eigenvalue weighted by Gasteiger charge is 2.27. The fourth-order valence-corrected chi connectivity index (χ4v) is 3.70. The Kier molecular flexibility index (Phi) is 3.64. The molecule has 1 aromatic rings. The van der Waals surface area contributed by atoms with Crippen LogP contribution < -0.4 is 0 Å². The second-order valence-corrected chi connectivity index (χ2v) is 6.39. The third-order valence-electron chi connectivity index (χ3n) is 3.18. The SMILES string of the molecule is CC1(C)CCSc2ccc(/C(Cl)=C\C=O)cc21. The molecule has 3 heteroatoms. The number of benzene rings is 1. The summed E-state index contributed by atoms with van der Waals surface area (Å²) in [6.45, 7) is 4.51. The quantitative estimate of drug-likeness (QED) is 0.588. The number of fused-ring (bicyclic) bond motifs is 1. The highest BCUT2D eigenvalue weighted by Crippen LogP contribution is 2.42. The van der Waals surface area contributed by atoms with Crippen LogP contribution in [0.2, 0.25) is 0 Å². The van der Waals surface area contributed by atoms with Crippen LogP contribution in [0.5, 0.6) is 0 Å². The number of carbonyl (C=O) groups excluding carboxylic acids is 1. The number of halogens is 1. The molecule has 0 N–H and O–H groups in total. The van der Waals surface area contributed by atoms with Gasteiger partial charge in [-0.1, -0.05) is 31.5 Å². The molecule has 2 rings (SSSR count). The van der Waals surface area contributed by atoms with E-state index < -0.39 is 0 Å². The molecule has 1 aromatic carbocycles. The molecule has 0 bridgehead atoms. The number of aldehydes is 1. The minimum atomic E-state index is 0.189. The molecule has 0 spiro atoms. The molecule has 17 heavy (non-hydrogen) atoms. The number of allylic oxidation sites excluding steroid dienone is 1. The number of thioether (sulfide) groups is 1. The molecular weight excluding hydrogens is 252 g/mol. The smallest absolute Gasteiger partial charge is 0.144 e. The summed E-state index contributed by atoms with van der Waals surface area (Å²) in [5.74, 6) is 1.16. The van der Waals surface area contributed by atoms with Crippen molar-refractivity contribution in [2.75, 3.05) is 5.75 Å². The first-order chi connectivity index (χ1) is 8.04. The summed E-state index contributed by atoms with van der Waals surface area (Å²) in [7, 11) is 0. The van der Waals surface area contributed by atoms with Gasteiger partial charge in [-0.25, -0.2) is 0 Å². The molecule has 0 aliphatic carbocycles. The Morgan fingerprint density at radius 1 is 1.47 bits per heavy atom. The lowest BCUT2D eigenvalue weighted by molar-refractivity contribution is -0.104. The van der Waals surface area contributed by atoms with Crippen LogP contribution in [0.4, 0.5) is 0 Å². The summed E-state index contributed by atoms with van der Waals surface area (Å²) < 4.78 is 0. The lowest BCUT2D eigenvalue weighted by Gasteiger charge is -2.32. The minimum absolute atomic E-state index is 0.189. The maximum Gasteiger partial charge on any atom is 0.144 e. The van der Waals surface area contributed by atoms with Crippen molar-refractivity contribution in [2.45, 2.75) is 30.6 Å². The van der Waals surface area contributed by atoms with E-state index in [2.05, 4.69) is 26.0 Å². The van der Waals surface area contributed by atoms with E-state index in [0.717, 1.165) is 17.6 Å². The van der Waals surface area contributed by atoms with Crippen LogP contribution in [0.25, 0.3) is 5.03 Å². The topological polar surface area (TPSA) is 17.1 Å². The molecular formula is C14H15ClOS. The summed E-state index contributed by atoms with van der Waals surface area (Å²) in [5.41, 5.74) is 2.45. The van der Waals surface area contributed by atoms with Gasteiger partial charge in [-0.15, -0.1) is 11.8 Å². The van der Waals surface area contributed by atoms with Crippen molar-refractivity contribution in [1.82, 2.24) is 0 Å². The first-order valence-electron chi connectivity index (χ1n) is 5.63. The zero-order chi connectivity index (χ0) is 12.5. The van der Waals surface area contributed by atoms with E-state index in [4.69, 9.17) is 11.6 Å². The maximum atomic E-state index is 10.4. The first kappa shape index (κ1) is 12.7. The van der Waals surface area contributed by atoms with Gasteiger partial charge in [0.25, 0.3) is 0 Å².